The molecule has 6 nitrogen and oxygen atoms in total. The van der Waals surface area contributed by atoms with Gasteiger partial charge in [0.1, 0.15) is 17.5 Å². The summed E-state index contributed by atoms with van der Waals surface area (Å²) >= 11 is 0. The number of aromatic nitrogens is 2. The third kappa shape index (κ3) is 4.95. The van der Waals surface area contributed by atoms with Crippen molar-refractivity contribution in [2.45, 2.75) is 13.5 Å². The lowest BCUT2D eigenvalue weighted by Crippen LogP contribution is -2.31. The number of halogens is 2. The third-order valence-electron chi connectivity index (χ3n) is 5.46. The molecule has 0 fully saturated rings. The molecule has 0 saturated heterocycles. The molecule has 4 rings (SSSR count). The monoisotopic (exact) mass is 459 g/mol. The minimum Gasteiger partial charge on any atom is -0.351 e. The number of rotatable bonds is 8. The van der Waals surface area contributed by atoms with E-state index in [4.69, 9.17) is 0 Å². The molecule has 2 N–H and O–H groups in total. The van der Waals surface area contributed by atoms with Crippen LogP contribution in [-0.2, 0) is 6.54 Å². The van der Waals surface area contributed by atoms with Crippen LogP contribution in [0.4, 0.5) is 8.78 Å². The minimum absolute atomic E-state index is 0.122. The van der Waals surface area contributed by atoms with Crippen LogP contribution >= 0.6 is 0 Å². The Hall–Kier alpha value is -4.09. The Morgan fingerprint density at radius 2 is 1.85 bits per heavy atom. The van der Waals surface area contributed by atoms with Gasteiger partial charge >= 0.3 is 0 Å². The van der Waals surface area contributed by atoms with Crippen molar-refractivity contribution in [3.63, 3.8) is 0 Å². The fourth-order valence-corrected chi connectivity index (χ4v) is 3.71. The van der Waals surface area contributed by atoms with Crippen LogP contribution in [0, 0.1) is 23.0 Å². The number of benzene rings is 3. The summed E-state index contributed by atoms with van der Waals surface area (Å²) in [4.78, 5) is 17.1. The summed E-state index contributed by atoms with van der Waals surface area (Å²) in [5.41, 5.74) is 3.30. The number of imidazole rings is 1. The van der Waals surface area contributed by atoms with E-state index in [1.807, 2.05) is 11.5 Å². The van der Waals surface area contributed by atoms with Crippen molar-refractivity contribution in [3.05, 3.63) is 89.0 Å². The second-order valence-corrected chi connectivity index (χ2v) is 7.76. The van der Waals surface area contributed by atoms with Gasteiger partial charge < -0.3 is 15.2 Å². The zero-order valence-electron chi connectivity index (χ0n) is 18.6. The molecular weight excluding hydrogens is 436 g/mol. The Morgan fingerprint density at radius 1 is 1.06 bits per heavy atom. The number of carbonyl (C=O) groups excluding carboxylic acids is 1. The summed E-state index contributed by atoms with van der Waals surface area (Å²) in [6, 6.07) is 17.7. The molecular formula is C26H23F2N5O. The van der Waals surface area contributed by atoms with E-state index in [0.29, 0.717) is 46.6 Å². The molecule has 1 heterocycles. The van der Waals surface area contributed by atoms with E-state index in [1.165, 1.54) is 12.1 Å². The molecule has 3 aromatic carbocycles. The van der Waals surface area contributed by atoms with Gasteiger partial charge in [-0.05, 0) is 42.9 Å². The van der Waals surface area contributed by atoms with Crippen LogP contribution in [0.25, 0.3) is 22.4 Å². The number of nitrogens with one attached hydrogen (secondary N) is 2. The quantitative estimate of drug-likeness (QED) is 0.386. The molecule has 0 radical (unpaired) electrons. The zero-order chi connectivity index (χ0) is 24.1. The van der Waals surface area contributed by atoms with Crippen LogP contribution in [0.5, 0.6) is 0 Å². The fourth-order valence-electron chi connectivity index (χ4n) is 3.71. The number of fused-ring (bicyclic) bond motifs is 1. The van der Waals surface area contributed by atoms with Crippen LogP contribution in [0.2, 0.25) is 0 Å². The molecule has 8 heteroatoms. The maximum Gasteiger partial charge on any atom is 0.251 e. The van der Waals surface area contributed by atoms with E-state index in [-0.39, 0.29) is 12.5 Å². The number of carbonyl (C=O) groups is 1. The molecule has 0 aliphatic heterocycles. The molecule has 4 aromatic rings. The van der Waals surface area contributed by atoms with Gasteiger partial charge in [-0.1, -0.05) is 25.1 Å². The zero-order valence-corrected chi connectivity index (χ0v) is 18.6. The second-order valence-electron chi connectivity index (χ2n) is 7.76. The van der Waals surface area contributed by atoms with Crippen LogP contribution in [-0.4, -0.2) is 35.1 Å². The topological polar surface area (TPSA) is 82.7 Å². The number of amides is 1. The highest BCUT2D eigenvalue weighted by Crippen LogP contribution is 2.27. The fraction of sp³-hybridized carbons (Fsp3) is 0.192. The Labute approximate surface area is 195 Å². The lowest BCUT2D eigenvalue weighted by molar-refractivity contribution is 0.0954. The molecule has 1 aromatic heterocycles. The van der Waals surface area contributed by atoms with Gasteiger partial charge in [-0.3, -0.25) is 4.79 Å². The van der Waals surface area contributed by atoms with Gasteiger partial charge in [-0.2, -0.15) is 5.26 Å². The van der Waals surface area contributed by atoms with Crippen molar-refractivity contribution >= 4 is 16.9 Å². The molecule has 0 aliphatic carbocycles. The number of hydrogen-bond acceptors (Lipinski definition) is 4. The average molecular weight is 460 g/mol. The highest BCUT2D eigenvalue weighted by molar-refractivity contribution is 5.94. The largest absolute Gasteiger partial charge is 0.351 e. The molecule has 0 saturated carbocycles. The van der Waals surface area contributed by atoms with Gasteiger partial charge in [0.05, 0.1) is 29.2 Å². The lowest BCUT2D eigenvalue weighted by atomic mass is 10.1. The van der Waals surface area contributed by atoms with Crippen molar-refractivity contribution in [2.75, 3.05) is 19.6 Å². The third-order valence-corrected chi connectivity index (χ3v) is 5.46. The first-order valence-corrected chi connectivity index (χ1v) is 10.9. The first-order valence-electron chi connectivity index (χ1n) is 10.9. The predicted molar refractivity (Wildman–Crippen MR) is 126 cm³/mol. The van der Waals surface area contributed by atoms with Gasteiger partial charge in [0, 0.05) is 35.8 Å². The maximum atomic E-state index is 14.4. The Balaban J connectivity index is 1.69. The van der Waals surface area contributed by atoms with E-state index < -0.39 is 11.6 Å². The lowest BCUT2D eigenvalue weighted by Gasteiger charge is -2.11. The molecule has 34 heavy (non-hydrogen) atoms. The molecule has 0 bridgehead atoms. The first kappa shape index (κ1) is 23.1. The molecule has 0 unspecified atom stereocenters. The molecule has 0 aliphatic rings. The second kappa shape index (κ2) is 10.2. The van der Waals surface area contributed by atoms with E-state index in [1.54, 1.807) is 42.5 Å². The van der Waals surface area contributed by atoms with Crippen molar-refractivity contribution < 1.29 is 13.6 Å². The van der Waals surface area contributed by atoms with Gasteiger partial charge in [0.2, 0.25) is 0 Å². The summed E-state index contributed by atoms with van der Waals surface area (Å²) in [5, 5.41) is 15.3. The smallest absolute Gasteiger partial charge is 0.251 e. The summed E-state index contributed by atoms with van der Waals surface area (Å²) in [5.74, 6) is -0.918. The number of likely N-dealkylation sites (N-methyl/N-ethyl adjacent to an activating group) is 1. The molecule has 172 valence electrons. The highest BCUT2D eigenvalue weighted by Gasteiger charge is 2.16. The van der Waals surface area contributed by atoms with E-state index in [9.17, 15) is 18.8 Å². The molecule has 1 amide bonds. The molecule has 0 atom stereocenters. The summed E-state index contributed by atoms with van der Waals surface area (Å²) in [7, 11) is 0. The number of nitrogens with zero attached hydrogens (tertiary/aromatic N) is 3. The van der Waals surface area contributed by atoms with Crippen LogP contribution in [0.1, 0.15) is 28.4 Å². The van der Waals surface area contributed by atoms with E-state index in [0.717, 1.165) is 18.2 Å². The number of hydrogen-bond donors (Lipinski definition) is 2. The van der Waals surface area contributed by atoms with Crippen LogP contribution in [0.15, 0.2) is 60.7 Å². The first-order chi connectivity index (χ1) is 16.5. The van der Waals surface area contributed by atoms with Crippen molar-refractivity contribution in [1.29, 1.82) is 5.26 Å². The minimum atomic E-state index is -0.647. The Morgan fingerprint density at radius 3 is 2.56 bits per heavy atom. The molecule has 0 spiro atoms. The Bertz CT molecular complexity index is 1370. The van der Waals surface area contributed by atoms with Gasteiger partial charge in [0.25, 0.3) is 5.91 Å². The van der Waals surface area contributed by atoms with E-state index in [2.05, 4.69) is 21.7 Å². The normalized spacial score (nSPS) is 10.9. The van der Waals surface area contributed by atoms with E-state index >= 15 is 0 Å². The summed E-state index contributed by atoms with van der Waals surface area (Å²) in [6.07, 6.45) is 0. The van der Waals surface area contributed by atoms with Crippen LogP contribution < -0.4 is 10.6 Å². The van der Waals surface area contributed by atoms with Gasteiger partial charge in [0.15, 0.2) is 0 Å². The van der Waals surface area contributed by atoms with Crippen LogP contribution in [0.3, 0.4) is 0 Å². The van der Waals surface area contributed by atoms with Gasteiger partial charge in [-0.25, -0.2) is 13.8 Å². The predicted octanol–water partition coefficient (Wildman–Crippen LogP) is 4.24. The highest BCUT2D eigenvalue weighted by atomic mass is 19.1. The summed E-state index contributed by atoms with van der Waals surface area (Å²) < 4.78 is 29.6. The van der Waals surface area contributed by atoms with Crippen molar-refractivity contribution in [3.8, 4) is 17.5 Å². The average Bonchev–Trinajstić information content (AvgIpc) is 3.21. The SMILES string of the molecule is CCNCCNC(=O)c1ccc(-c2nc3cc(C#N)ccc3n2Cc2ccc(F)cc2F)cc1. The van der Waals surface area contributed by atoms with Crippen molar-refractivity contribution in [2.24, 2.45) is 0 Å². The van der Waals surface area contributed by atoms with Crippen molar-refractivity contribution in [1.82, 2.24) is 20.2 Å². The number of nitriles is 1. The standard InChI is InChI=1S/C26H23F2N5O/c1-2-30-11-12-31-26(34)19-6-4-18(5-7-19)25-32-23-13-17(15-29)3-10-24(23)33(25)16-20-8-9-21(27)14-22(20)28/h3-10,13-14,30H,2,11-12,16H2,1H3,(H,31,34). The van der Waals surface area contributed by atoms with Gasteiger partial charge in [-0.15, -0.1) is 0 Å². The summed E-state index contributed by atoms with van der Waals surface area (Å²) in [6.45, 7) is 4.17. The Kier molecular flexibility index (Phi) is 6.95. The maximum absolute atomic E-state index is 14.4.